The van der Waals surface area contributed by atoms with E-state index >= 15 is 0 Å². The van der Waals surface area contributed by atoms with E-state index < -0.39 is 22.7 Å². The van der Waals surface area contributed by atoms with Gasteiger partial charge in [-0.3, -0.25) is 14.8 Å². The summed E-state index contributed by atoms with van der Waals surface area (Å²) in [5.41, 5.74) is 1.38. The number of hydrogen-bond acceptors (Lipinski definition) is 4. The summed E-state index contributed by atoms with van der Waals surface area (Å²) in [6.07, 6.45) is 1.98. The number of non-ortho nitro benzene ring substituents is 1. The quantitative estimate of drug-likeness (QED) is 0.567. The van der Waals surface area contributed by atoms with Crippen molar-refractivity contribution in [1.29, 1.82) is 0 Å². The van der Waals surface area contributed by atoms with E-state index in [9.17, 15) is 24.0 Å². The van der Waals surface area contributed by atoms with Crippen LogP contribution >= 0.6 is 0 Å². The zero-order chi connectivity index (χ0) is 18.0. The zero-order valence-electron chi connectivity index (χ0n) is 12.8. The number of nitrogens with zero attached hydrogens (tertiary/aromatic N) is 3. The van der Waals surface area contributed by atoms with Crippen LogP contribution in [0.3, 0.4) is 0 Å². The van der Waals surface area contributed by atoms with Crippen LogP contribution in [0.15, 0.2) is 54.9 Å². The molecule has 1 aromatic heterocycles. The number of benzene rings is 2. The predicted molar refractivity (Wildman–Crippen MR) is 85.6 cm³/mol. The largest absolute Gasteiger partial charge is 0.386 e. The number of aromatic nitrogens is 2. The van der Waals surface area contributed by atoms with Crippen molar-refractivity contribution in [3.05, 3.63) is 82.2 Å². The van der Waals surface area contributed by atoms with Gasteiger partial charge in [0.2, 0.25) is 0 Å². The highest BCUT2D eigenvalue weighted by Gasteiger charge is 2.15. The lowest BCUT2D eigenvalue weighted by Gasteiger charge is -2.12. The molecule has 0 spiro atoms. The highest BCUT2D eigenvalue weighted by Crippen LogP contribution is 2.24. The van der Waals surface area contributed by atoms with Gasteiger partial charge >= 0.3 is 0 Å². The molecule has 0 aliphatic heterocycles. The summed E-state index contributed by atoms with van der Waals surface area (Å²) >= 11 is 0. The van der Waals surface area contributed by atoms with Crippen molar-refractivity contribution in [3.63, 3.8) is 0 Å². The first-order chi connectivity index (χ1) is 11.9. The monoisotopic (exact) mass is 345 g/mol. The zero-order valence-corrected chi connectivity index (χ0v) is 12.8. The number of nitro benzene ring substituents is 1. The molecular weight excluding hydrogens is 332 g/mol. The summed E-state index contributed by atoms with van der Waals surface area (Å²) in [6.45, 7) is -0.0183. The molecule has 8 heteroatoms. The Labute approximate surface area is 141 Å². The van der Waals surface area contributed by atoms with Crippen molar-refractivity contribution in [3.8, 4) is 11.1 Å². The minimum absolute atomic E-state index is 0.0154. The standard InChI is InChI=1S/C17H13F2N3O3/c18-13-3-6-15(16(19)7-13)17(23)10-21-9-12(8-20-21)11-1-4-14(5-2-11)22(24)25/h1-9,17,23H,10H2. The van der Waals surface area contributed by atoms with Crippen molar-refractivity contribution < 1.29 is 18.8 Å². The predicted octanol–water partition coefficient (Wildman–Crippen LogP) is 3.47. The second-order valence-corrected chi connectivity index (χ2v) is 5.44. The Morgan fingerprint density at radius 3 is 2.52 bits per heavy atom. The summed E-state index contributed by atoms with van der Waals surface area (Å²) in [5, 5.41) is 24.9. The fourth-order valence-electron chi connectivity index (χ4n) is 2.44. The first-order valence-corrected chi connectivity index (χ1v) is 7.34. The fourth-order valence-corrected chi connectivity index (χ4v) is 2.44. The van der Waals surface area contributed by atoms with Crippen LogP contribution in [0.4, 0.5) is 14.5 Å². The number of aliphatic hydroxyl groups is 1. The molecule has 1 atom stereocenters. The fraction of sp³-hybridized carbons (Fsp3) is 0.118. The van der Waals surface area contributed by atoms with Crippen LogP contribution in [-0.4, -0.2) is 19.8 Å². The molecule has 3 rings (SSSR count). The molecule has 2 aromatic carbocycles. The van der Waals surface area contributed by atoms with Crippen molar-refractivity contribution >= 4 is 5.69 Å². The molecule has 1 N–H and O–H groups in total. The number of halogens is 2. The first-order valence-electron chi connectivity index (χ1n) is 7.34. The third-order valence-electron chi connectivity index (χ3n) is 3.73. The molecule has 0 aliphatic carbocycles. The smallest absolute Gasteiger partial charge is 0.269 e. The number of rotatable bonds is 5. The van der Waals surface area contributed by atoms with Gasteiger partial charge in [0.05, 0.1) is 17.7 Å². The normalized spacial score (nSPS) is 12.1. The van der Waals surface area contributed by atoms with Gasteiger partial charge in [0.25, 0.3) is 5.69 Å². The summed E-state index contributed by atoms with van der Waals surface area (Å²) in [7, 11) is 0. The number of hydrogen-bond donors (Lipinski definition) is 1. The second kappa shape index (κ2) is 6.78. The maximum atomic E-state index is 13.7. The highest BCUT2D eigenvalue weighted by atomic mass is 19.1. The molecule has 1 heterocycles. The molecule has 3 aromatic rings. The topological polar surface area (TPSA) is 81.2 Å². The maximum Gasteiger partial charge on any atom is 0.269 e. The van der Waals surface area contributed by atoms with Gasteiger partial charge in [-0.2, -0.15) is 5.10 Å². The molecule has 0 amide bonds. The third kappa shape index (κ3) is 3.69. The Hall–Kier alpha value is -3.13. The molecule has 0 radical (unpaired) electrons. The van der Waals surface area contributed by atoms with Crippen molar-refractivity contribution in [1.82, 2.24) is 9.78 Å². The Balaban J connectivity index is 1.76. The Kier molecular flexibility index (Phi) is 4.53. The summed E-state index contributed by atoms with van der Waals surface area (Å²) in [5.74, 6) is -1.54. The van der Waals surface area contributed by atoms with Gasteiger partial charge in [-0.1, -0.05) is 6.07 Å². The van der Waals surface area contributed by atoms with Gasteiger partial charge in [0.1, 0.15) is 17.7 Å². The van der Waals surface area contributed by atoms with Crippen LogP contribution in [-0.2, 0) is 6.54 Å². The van der Waals surface area contributed by atoms with Gasteiger partial charge in [-0.15, -0.1) is 0 Å². The van der Waals surface area contributed by atoms with E-state index in [2.05, 4.69) is 5.10 Å². The Bertz CT molecular complexity index is 910. The van der Waals surface area contributed by atoms with Gasteiger partial charge in [-0.25, -0.2) is 8.78 Å². The van der Waals surface area contributed by atoms with E-state index in [0.717, 1.165) is 11.6 Å². The van der Waals surface area contributed by atoms with E-state index in [4.69, 9.17) is 0 Å². The van der Waals surface area contributed by atoms with Crippen LogP contribution in [0, 0.1) is 21.7 Å². The van der Waals surface area contributed by atoms with Crippen LogP contribution in [0.1, 0.15) is 11.7 Å². The van der Waals surface area contributed by atoms with Crippen LogP contribution in [0.25, 0.3) is 11.1 Å². The molecule has 6 nitrogen and oxygen atoms in total. The van der Waals surface area contributed by atoms with E-state index in [1.165, 1.54) is 29.1 Å². The lowest BCUT2D eigenvalue weighted by atomic mass is 10.1. The van der Waals surface area contributed by atoms with E-state index in [1.807, 2.05) is 0 Å². The van der Waals surface area contributed by atoms with Gasteiger partial charge in [0, 0.05) is 35.5 Å². The van der Waals surface area contributed by atoms with Crippen molar-refractivity contribution in [2.24, 2.45) is 0 Å². The molecule has 0 saturated carbocycles. The lowest BCUT2D eigenvalue weighted by Crippen LogP contribution is -2.10. The maximum absolute atomic E-state index is 13.7. The van der Waals surface area contributed by atoms with E-state index in [0.29, 0.717) is 11.6 Å². The lowest BCUT2D eigenvalue weighted by molar-refractivity contribution is -0.384. The van der Waals surface area contributed by atoms with Gasteiger partial charge in [-0.05, 0) is 23.8 Å². The molecule has 128 valence electrons. The molecule has 25 heavy (non-hydrogen) atoms. The molecular formula is C17H13F2N3O3. The van der Waals surface area contributed by atoms with Crippen molar-refractivity contribution in [2.75, 3.05) is 0 Å². The molecule has 0 bridgehead atoms. The molecule has 0 fully saturated rings. The Morgan fingerprint density at radius 1 is 1.16 bits per heavy atom. The number of aliphatic hydroxyl groups excluding tert-OH is 1. The van der Waals surface area contributed by atoms with Gasteiger partial charge < -0.3 is 5.11 Å². The molecule has 0 saturated heterocycles. The summed E-state index contributed by atoms with van der Waals surface area (Å²) in [6, 6.07) is 8.93. The Morgan fingerprint density at radius 2 is 1.88 bits per heavy atom. The van der Waals surface area contributed by atoms with Crippen LogP contribution < -0.4 is 0 Å². The van der Waals surface area contributed by atoms with Crippen LogP contribution in [0.5, 0.6) is 0 Å². The van der Waals surface area contributed by atoms with E-state index in [-0.39, 0.29) is 17.8 Å². The molecule has 0 aliphatic rings. The van der Waals surface area contributed by atoms with E-state index in [1.54, 1.807) is 18.3 Å². The average molecular weight is 345 g/mol. The summed E-state index contributed by atoms with van der Waals surface area (Å²) in [4.78, 5) is 10.2. The van der Waals surface area contributed by atoms with Crippen molar-refractivity contribution in [2.45, 2.75) is 12.6 Å². The molecule has 1 unspecified atom stereocenters. The minimum atomic E-state index is -1.19. The number of nitro groups is 1. The average Bonchev–Trinajstić information content (AvgIpc) is 3.03. The first kappa shape index (κ1) is 16.7. The third-order valence-corrected chi connectivity index (χ3v) is 3.73. The minimum Gasteiger partial charge on any atom is -0.386 e. The summed E-state index contributed by atoms with van der Waals surface area (Å²) < 4.78 is 28.0. The van der Waals surface area contributed by atoms with Crippen LogP contribution in [0.2, 0.25) is 0 Å². The SMILES string of the molecule is O=[N+]([O-])c1ccc(-c2cnn(CC(O)c3ccc(F)cc3F)c2)cc1. The second-order valence-electron chi connectivity index (χ2n) is 5.44. The van der Waals surface area contributed by atoms with Gasteiger partial charge in [0.15, 0.2) is 0 Å². The highest BCUT2D eigenvalue weighted by molar-refractivity contribution is 5.63.